The third-order valence-corrected chi connectivity index (χ3v) is 3.93. The van der Waals surface area contributed by atoms with Crippen molar-refractivity contribution in [2.24, 2.45) is 5.92 Å². The first-order valence-electron chi connectivity index (χ1n) is 7.02. The van der Waals surface area contributed by atoms with Crippen LogP contribution in [0.4, 0.5) is 4.79 Å². The van der Waals surface area contributed by atoms with Gasteiger partial charge in [0.25, 0.3) is 0 Å². The van der Waals surface area contributed by atoms with E-state index in [1.165, 1.54) is 0 Å². The van der Waals surface area contributed by atoms with E-state index in [2.05, 4.69) is 5.32 Å². The van der Waals surface area contributed by atoms with Gasteiger partial charge in [0.1, 0.15) is 0 Å². The van der Waals surface area contributed by atoms with Crippen LogP contribution in [0.2, 0.25) is 0 Å². The number of piperidine rings is 1. The molecule has 2 N–H and O–H groups in total. The Bertz CT molecular complexity index is 271. The van der Waals surface area contributed by atoms with Crippen LogP contribution in [0.1, 0.15) is 32.6 Å². The fourth-order valence-electron chi connectivity index (χ4n) is 2.68. The van der Waals surface area contributed by atoms with Gasteiger partial charge in [-0.1, -0.05) is 0 Å². The number of likely N-dealkylation sites (tertiary alicyclic amines) is 1. The van der Waals surface area contributed by atoms with Crippen LogP contribution in [0, 0.1) is 5.92 Å². The lowest BCUT2D eigenvalue weighted by Gasteiger charge is -2.35. The topological polar surface area (TPSA) is 61.8 Å². The van der Waals surface area contributed by atoms with Gasteiger partial charge in [-0.25, -0.2) is 4.79 Å². The minimum absolute atomic E-state index is 0.0672. The highest BCUT2D eigenvalue weighted by Gasteiger charge is 2.28. The second kappa shape index (κ2) is 6.38. The number of carbonyl (C=O) groups excluding carboxylic acids is 1. The Kier molecular flexibility index (Phi) is 4.83. The van der Waals surface area contributed by atoms with Crippen LogP contribution in [0.3, 0.4) is 0 Å². The maximum Gasteiger partial charge on any atom is 0.409 e. The number of hydrogen-bond acceptors (Lipinski definition) is 4. The maximum absolute atomic E-state index is 11.5. The van der Waals surface area contributed by atoms with Crippen molar-refractivity contribution in [3.05, 3.63) is 0 Å². The van der Waals surface area contributed by atoms with E-state index in [1.54, 1.807) is 4.90 Å². The van der Waals surface area contributed by atoms with Crippen LogP contribution >= 0.6 is 0 Å². The van der Waals surface area contributed by atoms with E-state index >= 15 is 0 Å². The molecule has 5 heteroatoms. The van der Waals surface area contributed by atoms with Gasteiger partial charge in [-0.05, 0) is 45.1 Å². The van der Waals surface area contributed by atoms with Crippen molar-refractivity contribution in [3.8, 4) is 0 Å². The van der Waals surface area contributed by atoms with Crippen LogP contribution in [-0.4, -0.2) is 54.5 Å². The van der Waals surface area contributed by atoms with Crippen molar-refractivity contribution in [3.63, 3.8) is 0 Å². The second-order valence-electron chi connectivity index (χ2n) is 5.36. The Hall–Kier alpha value is -0.810. The molecule has 2 rings (SSSR count). The highest BCUT2D eigenvalue weighted by atomic mass is 16.6. The summed E-state index contributed by atoms with van der Waals surface area (Å²) in [5.74, 6) is 0.642. The second-order valence-corrected chi connectivity index (χ2v) is 5.36. The zero-order valence-corrected chi connectivity index (χ0v) is 11.1. The normalized spacial score (nSPS) is 28.9. The van der Waals surface area contributed by atoms with E-state index in [9.17, 15) is 9.90 Å². The number of amides is 1. The molecule has 104 valence electrons. The molecule has 0 aromatic rings. The lowest BCUT2D eigenvalue weighted by atomic mass is 9.82. The number of nitrogens with zero attached hydrogens (tertiary/aromatic N) is 1. The molecule has 1 heterocycles. The predicted octanol–water partition coefficient (Wildman–Crippen LogP) is 0.968. The minimum atomic E-state index is -0.182. The predicted molar refractivity (Wildman–Crippen MR) is 68.4 cm³/mol. The van der Waals surface area contributed by atoms with Gasteiger partial charge in [0.15, 0.2) is 0 Å². The van der Waals surface area contributed by atoms with E-state index in [4.69, 9.17) is 4.74 Å². The number of aliphatic hydroxyl groups excluding tert-OH is 1. The fourth-order valence-corrected chi connectivity index (χ4v) is 2.68. The van der Waals surface area contributed by atoms with Crippen molar-refractivity contribution < 1.29 is 14.6 Å². The molecule has 0 aromatic carbocycles. The van der Waals surface area contributed by atoms with E-state index in [1.807, 2.05) is 6.92 Å². The Balaban J connectivity index is 1.59. The third-order valence-electron chi connectivity index (χ3n) is 3.93. The fraction of sp³-hybridized carbons (Fsp3) is 0.923. The molecule has 0 radical (unpaired) electrons. The van der Waals surface area contributed by atoms with E-state index in [0.29, 0.717) is 18.6 Å². The highest BCUT2D eigenvalue weighted by Crippen LogP contribution is 2.26. The van der Waals surface area contributed by atoms with Gasteiger partial charge in [0.05, 0.1) is 12.7 Å². The minimum Gasteiger partial charge on any atom is -0.450 e. The van der Waals surface area contributed by atoms with Crippen LogP contribution in [0.15, 0.2) is 0 Å². The van der Waals surface area contributed by atoms with Gasteiger partial charge in [-0.3, -0.25) is 0 Å². The molecule has 2 aliphatic rings. The van der Waals surface area contributed by atoms with E-state index in [-0.39, 0.29) is 12.2 Å². The lowest BCUT2D eigenvalue weighted by Crippen LogP contribution is -2.47. The van der Waals surface area contributed by atoms with Gasteiger partial charge in [0, 0.05) is 19.1 Å². The van der Waals surface area contributed by atoms with Crippen LogP contribution < -0.4 is 5.32 Å². The number of hydrogen-bond donors (Lipinski definition) is 2. The molecule has 18 heavy (non-hydrogen) atoms. The smallest absolute Gasteiger partial charge is 0.409 e. The van der Waals surface area contributed by atoms with Gasteiger partial charge in [0.2, 0.25) is 0 Å². The molecular formula is C13H24N2O3. The number of carbonyl (C=O) groups is 1. The average Bonchev–Trinajstić information content (AvgIpc) is 2.34. The zero-order chi connectivity index (χ0) is 13.0. The largest absolute Gasteiger partial charge is 0.450 e. The van der Waals surface area contributed by atoms with Crippen LogP contribution in [0.5, 0.6) is 0 Å². The summed E-state index contributed by atoms with van der Waals surface area (Å²) in [6, 6.07) is 0.508. The average molecular weight is 256 g/mol. The molecule has 1 saturated carbocycles. The quantitative estimate of drug-likeness (QED) is 0.787. The zero-order valence-electron chi connectivity index (χ0n) is 11.1. The van der Waals surface area contributed by atoms with E-state index < -0.39 is 0 Å². The Labute approximate surface area is 108 Å². The summed E-state index contributed by atoms with van der Waals surface area (Å²) in [7, 11) is 0. The van der Waals surface area contributed by atoms with Crippen molar-refractivity contribution >= 4 is 6.09 Å². The monoisotopic (exact) mass is 256 g/mol. The van der Waals surface area contributed by atoms with Gasteiger partial charge in [-0.2, -0.15) is 0 Å². The summed E-state index contributed by atoms with van der Waals surface area (Å²) in [5, 5.41) is 12.8. The summed E-state index contributed by atoms with van der Waals surface area (Å²) in [6.45, 7) is 4.84. The highest BCUT2D eigenvalue weighted by molar-refractivity contribution is 5.67. The van der Waals surface area contributed by atoms with Crippen molar-refractivity contribution in [1.29, 1.82) is 0 Å². The molecule has 0 unspecified atom stereocenters. The van der Waals surface area contributed by atoms with Crippen LogP contribution in [0.25, 0.3) is 0 Å². The molecule has 0 bridgehead atoms. The van der Waals surface area contributed by atoms with Gasteiger partial charge in [-0.15, -0.1) is 0 Å². The van der Waals surface area contributed by atoms with Crippen molar-refractivity contribution in [1.82, 2.24) is 10.2 Å². The first kappa shape index (κ1) is 13.6. The summed E-state index contributed by atoms with van der Waals surface area (Å²) >= 11 is 0. The first-order chi connectivity index (χ1) is 8.69. The van der Waals surface area contributed by atoms with E-state index in [0.717, 1.165) is 45.3 Å². The molecule has 0 aromatic heterocycles. The van der Waals surface area contributed by atoms with Crippen LogP contribution in [-0.2, 0) is 4.74 Å². The summed E-state index contributed by atoms with van der Waals surface area (Å²) in [4.78, 5) is 13.3. The molecule has 1 aliphatic carbocycles. The Morgan fingerprint density at radius 1 is 1.39 bits per heavy atom. The Morgan fingerprint density at radius 2 is 2.06 bits per heavy atom. The Morgan fingerprint density at radius 3 is 2.61 bits per heavy atom. The lowest BCUT2D eigenvalue weighted by molar-refractivity contribution is 0.0400. The SMILES string of the molecule is CCOC(=O)N1CCC(NCC2CC(O)C2)CC1. The summed E-state index contributed by atoms with van der Waals surface area (Å²) in [6.07, 6.45) is 3.62. The molecule has 0 atom stereocenters. The number of rotatable bonds is 4. The molecule has 2 fully saturated rings. The molecule has 0 spiro atoms. The number of ether oxygens (including phenoxy) is 1. The molecule has 5 nitrogen and oxygen atoms in total. The number of aliphatic hydroxyl groups is 1. The maximum atomic E-state index is 11.5. The standard InChI is InChI=1S/C13H24N2O3/c1-2-18-13(17)15-5-3-11(4-6-15)14-9-10-7-12(16)8-10/h10-12,14,16H,2-9H2,1H3. The van der Waals surface area contributed by atoms with Gasteiger partial charge >= 0.3 is 6.09 Å². The summed E-state index contributed by atoms with van der Waals surface area (Å²) in [5.41, 5.74) is 0. The molecule has 1 amide bonds. The molecule has 1 aliphatic heterocycles. The molecule has 1 saturated heterocycles. The molecular weight excluding hydrogens is 232 g/mol. The van der Waals surface area contributed by atoms with Crippen molar-refractivity contribution in [2.45, 2.75) is 44.8 Å². The first-order valence-corrected chi connectivity index (χ1v) is 7.02. The van der Waals surface area contributed by atoms with Crippen molar-refractivity contribution in [2.75, 3.05) is 26.2 Å². The summed E-state index contributed by atoms with van der Waals surface area (Å²) < 4.78 is 4.99. The third kappa shape index (κ3) is 3.59. The number of nitrogens with one attached hydrogen (secondary N) is 1. The van der Waals surface area contributed by atoms with Gasteiger partial charge < -0.3 is 20.1 Å².